The van der Waals surface area contributed by atoms with Crippen LogP contribution in [0, 0.1) is 0 Å². The molecule has 2 aromatic heterocycles. The lowest BCUT2D eigenvalue weighted by atomic mass is 10.1. The molecule has 0 aliphatic heterocycles. The number of anilines is 6. The molecule has 0 radical (unpaired) electrons. The molecule has 0 unspecified atom stereocenters. The van der Waals surface area contributed by atoms with Gasteiger partial charge in [-0.05, 0) is 109 Å². The van der Waals surface area contributed by atoms with Gasteiger partial charge in [-0.15, -0.1) is 0 Å². The lowest BCUT2D eigenvalue weighted by Crippen LogP contribution is -2.10. The van der Waals surface area contributed by atoms with Gasteiger partial charge < -0.3 is 14.4 Å². The van der Waals surface area contributed by atoms with Crippen LogP contribution in [-0.4, -0.2) is 19.5 Å². The number of rotatable bonds is 10. The van der Waals surface area contributed by atoms with E-state index in [4.69, 9.17) is 15.0 Å². The van der Waals surface area contributed by atoms with Gasteiger partial charge in [0.2, 0.25) is 0 Å². The maximum absolute atomic E-state index is 5.02. The summed E-state index contributed by atoms with van der Waals surface area (Å²) in [5.74, 6) is 1.89. The fraction of sp³-hybridized carbons (Fsp3) is 0. The van der Waals surface area contributed by atoms with Gasteiger partial charge in [-0.3, -0.25) is 0 Å². The highest BCUT2D eigenvalue weighted by atomic mass is 15.2. The number of nitrogens with zero attached hydrogens (tertiary/aromatic N) is 6. The number of para-hydroxylation sites is 3. The van der Waals surface area contributed by atoms with E-state index in [2.05, 4.69) is 208 Å². The van der Waals surface area contributed by atoms with Crippen LogP contribution in [0.3, 0.4) is 0 Å². The first-order valence-corrected chi connectivity index (χ1v) is 22.5. The first-order valence-electron chi connectivity index (χ1n) is 22.5. The average molecular weight is 859 g/mol. The zero-order valence-electron chi connectivity index (χ0n) is 36.4. The summed E-state index contributed by atoms with van der Waals surface area (Å²) in [6.07, 6.45) is 0. The fourth-order valence-electron chi connectivity index (χ4n) is 9.26. The maximum atomic E-state index is 5.02. The van der Waals surface area contributed by atoms with Crippen molar-refractivity contribution in [1.29, 1.82) is 0 Å². The quantitative estimate of drug-likeness (QED) is 0.137. The van der Waals surface area contributed by atoms with Crippen LogP contribution >= 0.6 is 0 Å². The summed E-state index contributed by atoms with van der Waals surface area (Å²) in [6, 6.07) is 89.6. The number of aromatic nitrogens is 4. The van der Waals surface area contributed by atoms with E-state index in [1.54, 1.807) is 0 Å². The van der Waals surface area contributed by atoms with Gasteiger partial charge in [-0.25, -0.2) is 15.0 Å². The molecule has 2 heterocycles. The minimum Gasteiger partial charge on any atom is -0.310 e. The zero-order chi connectivity index (χ0) is 44.5. The van der Waals surface area contributed by atoms with E-state index in [-0.39, 0.29) is 0 Å². The van der Waals surface area contributed by atoms with Crippen molar-refractivity contribution in [3.05, 3.63) is 255 Å². The molecule has 0 bridgehead atoms. The predicted molar refractivity (Wildman–Crippen MR) is 277 cm³/mol. The molecule has 6 nitrogen and oxygen atoms in total. The third kappa shape index (κ3) is 7.42. The zero-order valence-corrected chi connectivity index (χ0v) is 36.4. The second-order valence-electron chi connectivity index (χ2n) is 16.5. The number of benzene rings is 10. The summed E-state index contributed by atoms with van der Waals surface area (Å²) in [4.78, 5) is 19.7. The molecule has 0 saturated carbocycles. The minimum atomic E-state index is 0.618. The molecular weight excluding hydrogens is 817 g/mol. The summed E-state index contributed by atoms with van der Waals surface area (Å²) in [5, 5.41) is 4.65. The molecule has 316 valence electrons. The molecule has 6 heteroatoms. The summed E-state index contributed by atoms with van der Waals surface area (Å²) < 4.78 is 2.38. The summed E-state index contributed by atoms with van der Waals surface area (Å²) in [5.41, 5.74) is 12.5. The SMILES string of the molecule is c1ccc(-c2nc(-c3ccccc3)nc(-c3ccc(-n4c5ccc(N(c6ccccc6)c6ccccc6)cc5c5cc(N(c6ccccc6)c6cccc7ccccc67)ccc54)cc3)n2)cc1. The third-order valence-electron chi connectivity index (χ3n) is 12.4. The molecule has 0 atom stereocenters. The Kier molecular flexibility index (Phi) is 10.1. The fourth-order valence-corrected chi connectivity index (χ4v) is 9.26. The molecule has 67 heavy (non-hydrogen) atoms. The first-order chi connectivity index (χ1) is 33.2. The molecule has 12 rings (SSSR count). The van der Waals surface area contributed by atoms with Crippen LogP contribution in [0.1, 0.15) is 0 Å². The van der Waals surface area contributed by atoms with Gasteiger partial charge in [-0.1, -0.05) is 152 Å². The molecule has 0 fully saturated rings. The molecule has 0 spiro atoms. The molecular formula is C61H42N6. The summed E-state index contributed by atoms with van der Waals surface area (Å²) in [7, 11) is 0. The molecule has 0 saturated heterocycles. The Morgan fingerprint density at radius 1 is 0.284 bits per heavy atom. The molecule has 0 amide bonds. The lowest BCUT2D eigenvalue weighted by molar-refractivity contribution is 1.07. The van der Waals surface area contributed by atoms with Gasteiger partial charge in [0.25, 0.3) is 0 Å². The van der Waals surface area contributed by atoms with Crippen molar-refractivity contribution in [2.75, 3.05) is 9.80 Å². The van der Waals surface area contributed by atoms with E-state index in [0.717, 1.165) is 78.3 Å². The van der Waals surface area contributed by atoms with Crippen LogP contribution in [0.25, 0.3) is 72.4 Å². The molecule has 0 aliphatic rings. The monoisotopic (exact) mass is 858 g/mol. The van der Waals surface area contributed by atoms with Gasteiger partial charge in [-0.2, -0.15) is 0 Å². The number of hydrogen-bond donors (Lipinski definition) is 0. The topological polar surface area (TPSA) is 50.1 Å². The van der Waals surface area contributed by atoms with Crippen LogP contribution in [0.4, 0.5) is 34.1 Å². The minimum absolute atomic E-state index is 0.618. The van der Waals surface area contributed by atoms with Crippen LogP contribution in [-0.2, 0) is 0 Å². The van der Waals surface area contributed by atoms with Crippen LogP contribution < -0.4 is 9.80 Å². The Labute approximate surface area is 389 Å². The molecule has 10 aromatic carbocycles. The molecule has 0 N–H and O–H groups in total. The van der Waals surface area contributed by atoms with Gasteiger partial charge in [0.15, 0.2) is 17.5 Å². The van der Waals surface area contributed by atoms with Gasteiger partial charge in [0.1, 0.15) is 0 Å². The Morgan fingerprint density at radius 3 is 1.19 bits per heavy atom. The largest absolute Gasteiger partial charge is 0.310 e. The Bertz CT molecular complexity index is 3570. The molecule has 0 aliphatic carbocycles. The van der Waals surface area contributed by atoms with Gasteiger partial charge in [0.05, 0.1) is 16.7 Å². The maximum Gasteiger partial charge on any atom is 0.164 e. The molecule has 12 aromatic rings. The first kappa shape index (κ1) is 39.5. The smallest absolute Gasteiger partial charge is 0.164 e. The number of hydrogen-bond acceptors (Lipinski definition) is 5. The highest BCUT2D eigenvalue weighted by Gasteiger charge is 2.21. The Balaban J connectivity index is 1.05. The van der Waals surface area contributed by atoms with Crippen molar-refractivity contribution in [2.24, 2.45) is 0 Å². The average Bonchev–Trinajstić information content (AvgIpc) is 3.73. The van der Waals surface area contributed by atoms with Crippen molar-refractivity contribution in [1.82, 2.24) is 19.5 Å². The second kappa shape index (κ2) is 17.1. The van der Waals surface area contributed by atoms with Crippen molar-refractivity contribution in [3.8, 4) is 39.9 Å². The van der Waals surface area contributed by atoms with E-state index in [9.17, 15) is 0 Å². The van der Waals surface area contributed by atoms with Crippen molar-refractivity contribution in [2.45, 2.75) is 0 Å². The van der Waals surface area contributed by atoms with E-state index >= 15 is 0 Å². The predicted octanol–water partition coefficient (Wildman–Crippen LogP) is 16.1. The van der Waals surface area contributed by atoms with E-state index in [1.165, 1.54) is 10.8 Å². The standard InChI is InChI=1S/C61H42N6/c1-6-20-44(21-7-1)59-62-60(45-22-8-2-9-23-45)64-61(63-59)46-33-35-50(36-34-46)67-57-39-37-51(65(47-25-10-3-11-26-47)48-27-12-4-13-28-48)41-54(57)55-42-52(38-40-58(55)67)66(49-29-14-5-15-30-49)56-32-18-24-43-19-16-17-31-53(43)56/h1-42H. The summed E-state index contributed by atoms with van der Waals surface area (Å²) >= 11 is 0. The highest BCUT2D eigenvalue weighted by Crippen LogP contribution is 2.44. The van der Waals surface area contributed by atoms with Crippen LogP contribution in [0.5, 0.6) is 0 Å². The van der Waals surface area contributed by atoms with E-state index in [1.807, 2.05) is 60.7 Å². The van der Waals surface area contributed by atoms with E-state index < -0.39 is 0 Å². The number of fused-ring (bicyclic) bond motifs is 4. The van der Waals surface area contributed by atoms with Gasteiger partial charge in [0, 0.05) is 67.0 Å². The summed E-state index contributed by atoms with van der Waals surface area (Å²) in [6.45, 7) is 0. The van der Waals surface area contributed by atoms with Crippen LogP contribution in [0.2, 0.25) is 0 Å². The van der Waals surface area contributed by atoms with Crippen molar-refractivity contribution >= 4 is 66.7 Å². The highest BCUT2D eigenvalue weighted by molar-refractivity contribution is 6.12. The van der Waals surface area contributed by atoms with E-state index in [0.29, 0.717) is 17.5 Å². The second-order valence-corrected chi connectivity index (χ2v) is 16.5. The van der Waals surface area contributed by atoms with Crippen molar-refractivity contribution < 1.29 is 0 Å². The lowest BCUT2D eigenvalue weighted by Gasteiger charge is -2.27. The Hall–Kier alpha value is -9.13. The normalized spacial score (nSPS) is 11.3. The van der Waals surface area contributed by atoms with Crippen LogP contribution in [0.15, 0.2) is 255 Å². The van der Waals surface area contributed by atoms with Crippen molar-refractivity contribution in [3.63, 3.8) is 0 Å². The third-order valence-corrected chi connectivity index (χ3v) is 12.4. The van der Waals surface area contributed by atoms with Gasteiger partial charge >= 0.3 is 0 Å². The Morgan fingerprint density at radius 2 is 0.687 bits per heavy atom.